The summed E-state index contributed by atoms with van der Waals surface area (Å²) in [5.74, 6) is 0.237. The molecule has 0 aromatic heterocycles. The van der Waals surface area contributed by atoms with Gasteiger partial charge in [-0.05, 0) is 37.0 Å². The summed E-state index contributed by atoms with van der Waals surface area (Å²) in [6.45, 7) is 0. The van der Waals surface area contributed by atoms with Crippen LogP contribution in [0.5, 0.6) is 5.75 Å². The van der Waals surface area contributed by atoms with E-state index in [0.717, 1.165) is 0 Å². The summed E-state index contributed by atoms with van der Waals surface area (Å²) in [5.41, 5.74) is 2.27. The molecule has 2 aliphatic carbocycles. The van der Waals surface area contributed by atoms with Crippen molar-refractivity contribution in [2.24, 2.45) is 0 Å². The van der Waals surface area contributed by atoms with Gasteiger partial charge in [0.05, 0.1) is 11.1 Å². The maximum atomic E-state index is 14.5. The molecule has 5 rings (SSSR count). The Morgan fingerprint density at radius 1 is 1.04 bits per heavy atom. The van der Waals surface area contributed by atoms with Crippen LogP contribution in [0.15, 0.2) is 17.9 Å². The van der Waals surface area contributed by atoms with Crippen LogP contribution in [0.4, 0.5) is 4.39 Å². The fraction of sp³-hybridized carbons (Fsp3) is 0.286. The van der Waals surface area contributed by atoms with Crippen LogP contribution in [-0.2, 0) is 11.2 Å². The maximum absolute atomic E-state index is 14.5. The lowest BCUT2D eigenvalue weighted by Crippen LogP contribution is -2.21. The van der Waals surface area contributed by atoms with Crippen molar-refractivity contribution in [2.75, 3.05) is 0 Å². The van der Waals surface area contributed by atoms with Gasteiger partial charge in [0, 0.05) is 41.2 Å². The number of rotatable bonds is 0. The highest BCUT2D eigenvalue weighted by molar-refractivity contribution is 6.27. The van der Waals surface area contributed by atoms with Crippen molar-refractivity contribution >= 4 is 27.9 Å². The van der Waals surface area contributed by atoms with Gasteiger partial charge in [-0.25, -0.2) is 4.39 Å². The number of ketones is 2. The van der Waals surface area contributed by atoms with E-state index in [2.05, 4.69) is 6.07 Å². The van der Waals surface area contributed by atoms with Crippen LogP contribution < -0.4 is 4.74 Å². The maximum Gasteiger partial charge on any atom is 0.166 e. The molecule has 1 aliphatic heterocycles. The third kappa shape index (κ3) is 1.87. The van der Waals surface area contributed by atoms with Crippen LogP contribution in [0, 0.1) is 17.1 Å². The van der Waals surface area contributed by atoms with Crippen LogP contribution in [0.2, 0.25) is 0 Å². The number of allylic oxidation sites excluding steroid dienone is 2. The molecule has 0 saturated heterocycles. The summed E-state index contributed by atoms with van der Waals surface area (Å²) < 4.78 is 20.5. The van der Waals surface area contributed by atoms with Gasteiger partial charge >= 0.3 is 0 Å². The number of carbonyl (C=O) groups is 2. The van der Waals surface area contributed by atoms with E-state index in [1.54, 1.807) is 0 Å². The van der Waals surface area contributed by atoms with Gasteiger partial charge in [0.2, 0.25) is 0 Å². The van der Waals surface area contributed by atoms with E-state index < -0.39 is 5.82 Å². The van der Waals surface area contributed by atoms with E-state index >= 15 is 0 Å². The van der Waals surface area contributed by atoms with E-state index in [0.29, 0.717) is 88.6 Å². The molecular formula is C21H14FNO3. The molecule has 0 radical (unpaired) electrons. The Labute approximate surface area is 148 Å². The Kier molecular flexibility index (Phi) is 3.08. The lowest BCUT2D eigenvalue weighted by molar-refractivity contribution is -0.114. The summed E-state index contributed by atoms with van der Waals surface area (Å²) >= 11 is 0. The second-order valence-corrected chi connectivity index (χ2v) is 7.00. The number of fused-ring (bicyclic) bond motifs is 3. The summed E-state index contributed by atoms with van der Waals surface area (Å²) in [6, 6.07) is 4.85. The van der Waals surface area contributed by atoms with Gasteiger partial charge in [-0.2, -0.15) is 5.26 Å². The van der Waals surface area contributed by atoms with Crippen LogP contribution in [-0.4, -0.2) is 11.6 Å². The monoisotopic (exact) mass is 347 g/mol. The van der Waals surface area contributed by atoms with Crippen molar-refractivity contribution in [3.05, 3.63) is 46.0 Å². The highest BCUT2D eigenvalue weighted by Crippen LogP contribution is 2.48. The molecule has 0 spiro atoms. The number of hydrogen-bond donors (Lipinski definition) is 0. The minimum Gasteiger partial charge on any atom is -0.459 e. The molecule has 0 unspecified atom stereocenters. The predicted octanol–water partition coefficient (Wildman–Crippen LogP) is 4.23. The van der Waals surface area contributed by atoms with Gasteiger partial charge in [-0.3, -0.25) is 9.59 Å². The Hall–Kier alpha value is -3.00. The summed E-state index contributed by atoms with van der Waals surface area (Å²) in [6.07, 6.45) is 3.29. The molecule has 0 amide bonds. The number of Topliss-reactive ketones (excluding diaryl/α,β-unsaturated/α-hetero) is 2. The van der Waals surface area contributed by atoms with Gasteiger partial charge in [0.1, 0.15) is 17.6 Å². The Bertz CT molecular complexity index is 1120. The molecule has 0 saturated carbocycles. The number of nitriles is 1. The first-order valence-corrected chi connectivity index (χ1v) is 8.80. The zero-order chi connectivity index (χ0) is 18.0. The fourth-order valence-electron chi connectivity index (χ4n) is 4.48. The number of benzene rings is 2. The minimum absolute atomic E-state index is 0.0774. The Balaban J connectivity index is 1.99. The average molecular weight is 347 g/mol. The van der Waals surface area contributed by atoms with Crippen molar-refractivity contribution in [3.63, 3.8) is 0 Å². The number of halogens is 1. The quantitative estimate of drug-likeness (QED) is 0.715. The molecule has 0 bridgehead atoms. The first-order chi connectivity index (χ1) is 12.6. The van der Waals surface area contributed by atoms with Crippen molar-refractivity contribution in [1.82, 2.24) is 0 Å². The topological polar surface area (TPSA) is 67.2 Å². The first-order valence-electron chi connectivity index (χ1n) is 8.80. The van der Waals surface area contributed by atoms with Crippen molar-refractivity contribution in [1.29, 1.82) is 5.26 Å². The number of nitrogens with zero attached hydrogens (tertiary/aromatic N) is 1. The predicted molar refractivity (Wildman–Crippen MR) is 92.3 cm³/mol. The molecule has 2 aromatic rings. The van der Waals surface area contributed by atoms with Crippen LogP contribution in [0.25, 0.3) is 16.3 Å². The zero-order valence-electron chi connectivity index (χ0n) is 13.9. The molecule has 4 nitrogen and oxygen atoms in total. The summed E-state index contributed by atoms with van der Waals surface area (Å²) in [4.78, 5) is 25.1. The number of ether oxygens (including phenoxy) is 1. The van der Waals surface area contributed by atoms with E-state index in [4.69, 9.17) is 4.74 Å². The van der Waals surface area contributed by atoms with Gasteiger partial charge in [0.15, 0.2) is 17.3 Å². The van der Waals surface area contributed by atoms with Crippen LogP contribution in [0.1, 0.15) is 59.2 Å². The van der Waals surface area contributed by atoms with E-state index in [-0.39, 0.29) is 11.6 Å². The molecule has 0 atom stereocenters. The highest BCUT2D eigenvalue weighted by Gasteiger charge is 2.35. The number of hydrogen-bond acceptors (Lipinski definition) is 4. The average Bonchev–Trinajstić information content (AvgIpc) is 2.61. The van der Waals surface area contributed by atoms with Crippen molar-refractivity contribution < 1.29 is 18.7 Å². The first kappa shape index (κ1) is 15.3. The van der Waals surface area contributed by atoms with Gasteiger partial charge in [0.25, 0.3) is 0 Å². The molecular weight excluding hydrogens is 333 g/mol. The van der Waals surface area contributed by atoms with Crippen molar-refractivity contribution in [2.45, 2.75) is 38.5 Å². The lowest BCUT2D eigenvalue weighted by Gasteiger charge is -2.30. The highest BCUT2D eigenvalue weighted by atomic mass is 19.1. The summed E-state index contributed by atoms with van der Waals surface area (Å²) in [7, 11) is 0. The minimum atomic E-state index is -0.490. The fourth-order valence-corrected chi connectivity index (χ4v) is 4.48. The molecule has 0 fully saturated rings. The van der Waals surface area contributed by atoms with Crippen molar-refractivity contribution in [3.8, 4) is 11.8 Å². The zero-order valence-corrected chi connectivity index (χ0v) is 13.9. The lowest BCUT2D eigenvalue weighted by atomic mass is 9.79. The molecule has 26 heavy (non-hydrogen) atoms. The summed E-state index contributed by atoms with van der Waals surface area (Å²) in [5, 5.41) is 10.7. The van der Waals surface area contributed by atoms with Gasteiger partial charge in [-0.15, -0.1) is 0 Å². The normalized spacial score (nSPS) is 18.3. The standard InChI is InChI=1S/C21H14FNO3/c22-10-7-12-18-11(3-1-4-15(18)24)14(9-23)21-19(12)13(8-10)20-16(25)5-2-6-17(20)26-21/h7-8H,1-6H2. The molecule has 2 aromatic carbocycles. The molecule has 5 heteroatoms. The Morgan fingerprint density at radius 2 is 1.81 bits per heavy atom. The van der Waals surface area contributed by atoms with E-state index in [1.165, 1.54) is 12.1 Å². The van der Waals surface area contributed by atoms with Crippen LogP contribution in [0.3, 0.4) is 0 Å². The SMILES string of the molecule is N#Cc1c2c(c3cc(F)cc4c3c1OC1=C4C(=O)CCC1)C(=O)CCC2. The van der Waals surface area contributed by atoms with E-state index in [1.807, 2.05) is 0 Å². The largest absolute Gasteiger partial charge is 0.459 e. The van der Waals surface area contributed by atoms with Crippen LogP contribution >= 0.6 is 0 Å². The third-order valence-corrected chi connectivity index (χ3v) is 5.51. The third-order valence-electron chi connectivity index (χ3n) is 5.51. The van der Waals surface area contributed by atoms with E-state index in [9.17, 15) is 19.2 Å². The second kappa shape index (κ2) is 5.25. The Morgan fingerprint density at radius 3 is 2.62 bits per heavy atom. The number of carbonyl (C=O) groups excluding carboxylic acids is 2. The van der Waals surface area contributed by atoms with Gasteiger partial charge in [-0.1, -0.05) is 0 Å². The molecule has 0 N–H and O–H groups in total. The van der Waals surface area contributed by atoms with Gasteiger partial charge < -0.3 is 4.74 Å². The molecule has 128 valence electrons. The second-order valence-electron chi connectivity index (χ2n) is 7.00. The molecule has 3 aliphatic rings. The molecule has 1 heterocycles. The smallest absolute Gasteiger partial charge is 0.166 e.